The smallest absolute Gasteiger partial charge is 0.195 e. The first-order chi connectivity index (χ1) is 16.3. The van der Waals surface area contributed by atoms with Crippen LogP contribution in [-0.2, 0) is 11.3 Å². The number of ether oxygens (including phenoxy) is 3. The van der Waals surface area contributed by atoms with E-state index in [9.17, 15) is 0 Å². The summed E-state index contributed by atoms with van der Waals surface area (Å²) in [5.41, 5.74) is 2.02. The molecule has 33 heavy (non-hydrogen) atoms. The number of aromatic nitrogens is 3. The Morgan fingerprint density at radius 1 is 1.00 bits per heavy atom. The summed E-state index contributed by atoms with van der Waals surface area (Å²) in [6, 6.07) is 15.9. The van der Waals surface area contributed by atoms with Crippen LogP contribution in [0.15, 0.2) is 53.7 Å². The predicted octanol–water partition coefficient (Wildman–Crippen LogP) is 3.71. The first-order valence-electron chi connectivity index (χ1n) is 11.2. The number of anilines is 1. The van der Waals surface area contributed by atoms with E-state index in [-0.39, 0.29) is 0 Å². The van der Waals surface area contributed by atoms with E-state index in [2.05, 4.69) is 25.0 Å². The predicted molar refractivity (Wildman–Crippen MR) is 131 cm³/mol. The number of morpholine rings is 1. The molecule has 0 atom stereocenters. The van der Waals surface area contributed by atoms with Crippen molar-refractivity contribution in [2.75, 3.05) is 57.6 Å². The zero-order valence-electron chi connectivity index (χ0n) is 19.2. The molecule has 0 amide bonds. The molecule has 1 aromatic heterocycles. The number of nitrogens with one attached hydrogen (secondary N) is 1. The molecule has 2 aromatic carbocycles. The maximum Gasteiger partial charge on any atom is 0.195 e. The highest BCUT2D eigenvalue weighted by atomic mass is 32.2. The quantitative estimate of drug-likeness (QED) is 0.426. The normalized spacial score (nSPS) is 14.2. The average Bonchev–Trinajstić information content (AvgIpc) is 3.27. The number of hydrogen-bond donors (Lipinski definition) is 1. The molecule has 4 rings (SSSR count). The molecule has 1 saturated heterocycles. The highest BCUT2D eigenvalue weighted by Crippen LogP contribution is 2.25. The van der Waals surface area contributed by atoms with Gasteiger partial charge in [-0.25, -0.2) is 0 Å². The molecule has 1 aliphatic rings. The van der Waals surface area contributed by atoms with E-state index >= 15 is 0 Å². The zero-order chi connectivity index (χ0) is 22.9. The van der Waals surface area contributed by atoms with Gasteiger partial charge in [0, 0.05) is 36.8 Å². The highest BCUT2D eigenvalue weighted by molar-refractivity contribution is 7.99. The highest BCUT2D eigenvalue weighted by Gasteiger charge is 2.16. The molecule has 176 valence electrons. The van der Waals surface area contributed by atoms with Crippen molar-refractivity contribution in [1.29, 1.82) is 0 Å². The largest absolute Gasteiger partial charge is 0.497 e. The minimum atomic E-state index is 0.553. The lowest BCUT2D eigenvalue weighted by Crippen LogP contribution is -2.37. The third-order valence-corrected chi connectivity index (χ3v) is 6.30. The molecule has 0 aliphatic carbocycles. The van der Waals surface area contributed by atoms with Crippen LogP contribution in [0.4, 0.5) is 5.69 Å². The lowest BCUT2D eigenvalue weighted by molar-refractivity contribution is 0.0410. The average molecular weight is 470 g/mol. The van der Waals surface area contributed by atoms with E-state index in [0.717, 1.165) is 72.5 Å². The molecule has 1 fully saturated rings. The number of nitrogens with zero attached hydrogens (tertiary/aromatic N) is 4. The van der Waals surface area contributed by atoms with Crippen molar-refractivity contribution in [1.82, 2.24) is 19.7 Å². The van der Waals surface area contributed by atoms with Crippen LogP contribution in [0.3, 0.4) is 0 Å². The van der Waals surface area contributed by atoms with Crippen LogP contribution in [0.2, 0.25) is 0 Å². The van der Waals surface area contributed by atoms with Gasteiger partial charge < -0.3 is 19.5 Å². The third kappa shape index (κ3) is 6.40. The fourth-order valence-corrected chi connectivity index (χ4v) is 4.58. The van der Waals surface area contributed by atoms with Crippen molar-refractivity contribution in [3.05, 3.63) is 54.4 Å². The summed E-state index contributed by atoms with van der Waals surface area (Å²) < 4.78 is 18.4. The minimum absolute atomic E-state index is 0.553. The van der Waals surface area contributed by atoms with Crippen LogP contribution in [0.25, 0.3) is 5.69 Å². The number of methoxy groups -OCH3 is 1. The van der Waals surface area contributed by atoms with Gasteiger partial charge in [-0.05, 0) is 55.5 Å². The maximum atomic E-state index is 5.53. The molecule has 1 aliphatic heterocycles. The van der Waals surface area contributed by atoms with Gasteiger partial charge in [-0.1, -0.05) is 11.8 Å². The van der Waals surface area contributed by atoms with E-state index in [4.69, 9.17) is 14.2 Å². The fraction of sp³-hybridized carbons (Fsp3) is 0.417. The molecule has 8 nitrogen and oxygen atoms in total. The molecule has 0 saturated carbocycles. The van der Waals surface area contributed by atoms with Gasteiger partial charge in [-0.15, -0.1) is 10.2 Å². The standard InChI is InChI=1S/C24H31N5O3S/c1-3-32-22-8-4-19(5-9-22)25-18-23-26-27-24(33-17-14-28-12-15-31-16-13-28)29(23)20-6-10-21(30-2)11-7-20/h4-11,25H,3,12-18H2,1-2H3. The van der Waals surface area contributed by atoms with E-state index in [1.54, 1.807) is 18.9 Å². The van der Waals surface area contributed by atoms with Gasteiger partial charge in [0.2, 0.25) is 0 Å². The van der Waals surface area contributed by atoms with Gasteiger partial charge in [-0.3, -0.25) is 9.47 Å². The summed E-state index contributed by atoms with van der Waals surface area (Å²) in [5.74, 6) is 3.48. The lowest BCUT2D eigenvalue weighted by atomic mass is 10.3. The molecule has 9 heteroatoms. The fourth-order valence-electron chi connectivity index (χ4n) is 3.61. The van der Waals surface area contributed by atoms with Crippen molar-refractivity contribution < 1.29 is 14.2 Å². The maximum absolute atomic E-state index is 5.53. The molecule has 0 bridgehead atoms. The Morgan fingerprint density at radius 2 is 1.73 bits per heavy atom. The Kier molecular flexibility index (Phi) is 8.46. The van der Waals surface area contributed by atoms with Gasteiger partial charge in [0.25, 0.3) is 0 Å². The first-order valence-corrected chi connectivity index (χ1v) is 12.2. The van der Waals surface area contributed by atoms with Gasteiger partial charge in [0.05, 0.1) is 33.5 Å². The molecular weight excluding hydrogens is 438 g/mol. The minimum Gasteiger partial charge on any atom is -0.497 e. The Bertz CT molecular complexity index is 988. The second-order valence-corrected chi connectivity index (χ2v) is 8.61. The Balaban J connectivity index is 1.47. The van der Waals surface area contributed by atoms with E-state index < -0.39 is 0 Å². The number of hydrogen-bond acceptors (Lipinski definition) is 8. The summed E-state index contributed by atoms with van der Waals surface area (Å²) in [4.78, 5) is 2.43. The molecule has 1 N–H and O–H groups in total. The molecular formula is C24H31N5O3S. The Labute approximate surface area is 199 Å². The van der Waals surface area contributed by atoms with Crippen molar-refractivity contribution in [3.8, 4) is 17.2 Å². The van der Waals surface area contributed by atoms with E-state index in [0.29, 0.717) is 13.2 Å². The van der Waals surface area contributed by atoms with Crippen LogP contribution in [0.5, 0.6) is 11.5 Å². The molecule has 0 radical (unpaired) electrons. The molecule has 3 aromatic rings. The van der Waals surface area contributed by atoms with Crippen LogP contribution >= 0.6 is 11.8 Å². The summed E-state index contributed by atoms with van der Waals surface area (Å²) in [7, 11) is 1.67. The summed E-state index contributed by atoms with van der Waals surface area (Å²) >= 11 is 1.73. The molecule has 0 unspecified atom stereocenters. The lowest BCUT2D eigenvalue weighted by Gasteiger charge is -2.26. The summed E-state index contributed by atoms with van der Waals surface area (Å²) in [6.07, 6.45) is 0. The number of benzene rings is 2. The van der Waals surface area contributed by atoms with E-state index in [1.807, 2.05) is 55.5 Å². The summed E-state index contributed by atoms with van der Waals surface area (Å²) in [6.45, 7) is 7.80. The zero-order valence-corrected chi connectivity index (χ0v) is 20.0. The SMILES string of the molecule is CCOc1ccc(NCc2nnc(SCCN3CCOCC3)n2-c2ccc(OC)cc2)cc1. The van der Waals surface area contributed by atoms with Gasteiger partial charge in [-0.2, -0.15) is 0 Å². The Morgan fingerprint density at radius 3 is 2.42 bits per heavy atom. The van der Waals surface area contributed by atoms with Crippen LogP contribution in [0, 0.1) is 0 Å². The summed E-state index contributed by atoms with van der Waals surface area (Å²) in [5, 5.41) is 13.3. The van der Waals surface area contributed by atoms with Crippen LogP contribution < -0.4 is 14.8 Å². The van der Waals surface area contributed by atoms with Crippen molar-refractivity contribution >= 4 is 17.4 Å². The second kappa shape index (κ2) is 11.9. The van der Waals surface area contributed by atoms with Gasteiger partial charge >= 0.3 is 0 Å². The van der Waals surface area contributed by atoms with E-state index in [1.165, 1.54) is 0 Å². The number of rotatable bonds is 11. The first kappa shape index (κ1) is 23.4. The van der Waals surface area contributed by atoms with Gasteiger partial charge in [0.15, 0.2) is 11.0 Å². The topological polar surface area (TPSA) is 73.7 Å². The third-order valence-electron chi connectivity index (χ3n) is 5.39. The van der Waals surface area contributed by atoms with Crippen molar-refractivity contribution in [3.63, 3.8) is 0 Å². The van der Waals surface area contributed by atoms with Crippen LogP contribution in [-0.4, -0.2) is 72.0 Å². The number of thioether (sulfide) groups is 1. The second-order valence-electron chi connectivity index (χ2n) is 7.55. The monoisotopic (exact) mass is 469 g/mol. The Hall–Kier alpha value is -2.75. The van der Waals surface area contributed by atoms with Gasteiger partial charge in [0.1, 0.15) is 11.5 Å². The van der Waals surface area contributed by atoms with Crippen LogP contribution in [0.1, 0.15) is 12.7 Å². The van der Waals surface area contributed by atoms with Crippen molar-refractivity contribution in [2.24, 2.45) is 0 Å². The van der Waals surface area contributed by atoms with Crippen molar-refractivity contribution in [2.45, 2.75) is 18.6 Å². The molecule has 2 heterocycles. The molecule has 0 spiro atoms.